The number of methoxy groups -OCH3 is 1. The molecule has 0 spiro atoms. The van der Waals surface area contributed by atoms with Crippen LogP contribution in [-0.2, 0) is 4.74 Å². The topological polar surface area (TPSA) is 47.3 Å². The van der Waals surface area contributed by atoms with E-state index in [-0.39, 0.29) is 0 Å². The van der Waals surface area contributed by atoms with Gasteiger partial charge in [-0.15, -0.1) is 0 Å². The summed E-state index contributed by atoms with van der Waals surface area (Å²) >= 11 is 4.91. The van der Waals surface area contributed by atoms with Crippen molar-refractivity contribution >= 4 is 22.9 Å². The monoisotopic (exact) mass is 252 g/mol. The van der Waals surface area contributed by atoms with Crippen molar-refractivity contribution in [3.8, 4) is 0 Å². The second-order valence-electron chi connectivity index (χ2n) is 4.03. The van der Waals surface area contributed by atoms with E-state index in [0.717, 1.165) is 24.1 Å². The van der Waals surface area contributed by atoms with Crippen molar-refractivity contribution in [2.45, 2.75) is 25.8 Å². The molecular weight excluding hydrogens is 232 g/mol. The molecule has 3 nitrogen and oxygen atoms in total. The number of nitrogens with two attached hydrogens (primary N) is 1. The van der Waals surface area contributed by atoms with Crippen LogP contribution in [0.2, 0.25) is 0 Å². The van der Waals surface area contributed by atoms with Gasteiger partial charge in [0.15, 0.2) is 0 Å². The Hall–Kier alpha value is -1.13. The second-order valence-corrected chi connectivity index (χ2v) is 4.47. The van der Waals surface area contributed by atoms with Gasteiger partial charge in [-0.3, -0.25) is 0 Å². The Bertz CT molecular complexity index is 345. The van der Waals surface area contributed by atoms with Gasteiger partial charge in [-0.25, -0.2) is 0 Å². The normalized spacial score (nSPS) is 12.1. The summed E-state index contributed by atoms with van der Waals surface area (Å²) in [6.45, 7) is 2.88. The lowest BCUT2D eigenvalue weighted by Gasteiger charge is -2.18. The third-order valence-corrected chi connectivity index (χ3v) is 2.78. The number of hydrogen-bond donors (Lipinski definition) is 2. The van der Waals surface area contributed by atoms with E-state index in [1.807, 2.05) is 24.3 Å². The Balaban J connectivity index is 2.62. The lowest BCUT2D eigenvalue weighted by molar-refractivity contribution is 0.182. The van der Waals surface area contributed by atoms with E-state index in [1.54, 1.807) is 7.11 Å². The predicted molar refractivity (Wildman–Crippen MR) is 76.5 cm³/mol. The number of anilines is 1. The molecule has 1 aromatic rings. The fraction of sp³-hybridized carbons (Fsp3) is 0.462. The van der Waals surface area contributed by atoms with Crippen LogP contribution in [0.15, 0.2) is 24.3 Å². The minimum Gasteiger partial charge on any atom is -0.389 e. The lowest BCUT2D eigenvalue weighted by Crippen LogP contribution is -2.24. The maximum atomic E-state index is 5.55. The van der Waals surface area contributed by atoms with Gasteiger partial charge in [0, 0.05) is 24.4 Å². The zero-order valence-electron chi connectivity index (χ0n) is 10.4. The number of hydrogen-bond acceptors (Lipinski definition) is 3. The smallest absolute Gasteiger partial charge is 0.103 e. The molecule has 94 valence electrons. The minimum atomic E-state index is 0.348. The SMILES string of the molecule is CCCC(COC)Nc1ccc(C(N)=S)cc1. The van der Waals surface area contributed by atoms with Crippen molar-refractivity contribution in [2.24, 2.45) is 5.73 Å². The van der Waals surface area contributed by atoms with Crippen molar-refractivity contribution in [1.82, 2.24) is 0 Å². The summed E-state index contributed by atoms with van der Waals surface area (Å²) in [4.78, 5) is 0.429. The van der Waals surface area contributed by atoms with Gasteiger partial charge in [0.2, 0.25) is 0 Å². The van der Waals surface area contributed by atoms with Crippen LogP contribution in [0.25, 0.3) is 0 Å². The van der Waals surface area contributed by atoms with Crippen molar-refractivity contribution in [1.29, 1.82) is 0 Å². The van der Waals surface area contributed by atoms with Crippen LogP contribution in [0, 0.1) is 0 Å². The second kappa shape index (κ2) is 7.25. The number of ether oxygens (including phenoxy) is 1. The molecule has 0 fully saturated rings. The van der Waals surface area contributed by atoms with Gasteiger partial charge in [-0.1, -0.05) is 25.6 Å². The van der Waals surface area contributed by atoms with Gasteiger partial charge in [0.25, 0.3) is 0 Å². The standard InChI is InChI=1S/C13H20N2OS/c1-3-4-12(9-16-2)15-11-7-5-10(6-8-11)13(14)17/h5-8,12,15H,3-4,9H2,1-2H3,(H2,14,17). The Morgan fingerprint density at radius 1 is 1.41 bits per heavy atom. The van der Waals surface area contributed by atoms with E-state index in [2.05, 4.69) is 12.2 Å². The summed E-state index contributed by atoms with van der Waals surface area (Å²) in [6, 6.07) is 8.20. The van der Waals surface area contributed by atoms with Gasteiger partial charge in [-0.2, -0.15) is 0 Å². The molecule has 0 saturated heterocycles. The first-order chi connectivity index (χ1) is 8.17. The summed E-state index contributed by atoms with van der Waals surface area (Å²) in [5.41, 5.74) is 7.51. The molecule has 1 unspecified atom stereocenters. The Kier molecular flexibility index (Phi) is 5.94. The fourth-order valence-corrected chi connectivity index (χ4v) is 1.85. The van der Waals surface area contributed by atoms with Crippen LogP contribution < -0.4 is 11.1 Å². The highest BCUT2D eigenvalue weighted by Gasteiger charge is 2.06. The average molecular weight is 252 g/mol. The Morgan fingerprint density at radius 2 is 2.06 bits per heavy atom. The molecule has 0 saturated carbocycles. The van der Waals surface area contributed by atoms with Gasteiger partial charge in [0.05, 0.1) is 6.61 Å². The van der Waals surface area contributed by atoms with Crippen molar-refractivity contribution in [3.05, 3.63) is 29.8 Å². The predicted octanol–water partition coefficient (Wildman–Crippen LogP) is 2.55. The third-order valence-electron chi connectivity index (χ3n) is 2.55. The van der Waals surface area contributed by atoms with Crippen molar-refractivity contribution < 1.29 is 4.74 Å². The van der Waals surface area contributed by atoms with E-state index >= 15 is 0 Å². The molecule has 0 heterocycles. The summed E-state index contributed by atoms with van der Waals surface area (Å²) in [5, 5.41) is 3.44. The molecule has 1 atom stereocenters. The highest BCUT2D eigenvalue weighted by atomic mass is 32.1. The van der Waals surface area contributed by atoms with Crippen LogP contribution in [0.1, 0.15) is 25.3 Å². The quantitative estimate of drug-likeness (QED) is 0.732. The van der Waals surface area contributed by atoms with E-state index in [9.17, 15) is 0 Å². The number of nitrogens with one attached hydrogen (secondary N) is 1. The molecular formula is C13H20N2OS. The molecule has 0 amide bonds. The molecule has 0 aliphatic heterocycles. The minimum absolute atomic E-state index is 0.348. The van der Waals surface area contributed by atoms with Gasteiger partial charge in [0.1, 0.15) is 4.99 Å². The van der Waals surface area contributed by atoms with E-state index in [1.165, 1.54) is 0 Å². The fourth-order valence-electron chi connectivity index (χ4n) is 1.71. The van der Waals surface area contributed by atoms with Gasteiger partial charge >= 0.3 is 0 Å². The van der Waals surface area contributed by atoms with Crippen LogP contribution in [0.4, 0.5) is 5.69 Å². The summed E-state index contributed by atoms with van der Waals surface area (Å²) < 4.78 is 5.19. The van der Waals surface area contributed by atoms with Crippen LogP contribution >= 0.6 is 12.2 Å². The van der Waals surface area contributed by atoms with Gasteiger partial charge in [-0.05, 0) is 30.7 Å². The largest absolute Gasteiger partial charge is 0.389 e. The van der Waals surface area contributed by atoms with Crippen LogP contribution in [0.5, 0.6) is 0 Å². The zero-order chi connectivity index (χ0) is 12.7. The maximum Gasteiger partial charge on any atom is 0.103 e. The average Bonchev–Trinajstić information content (AvgIpc) is 2.30. The molecule has 4 heteroatoms. The summed E-state index contributed by atoms with van der Waals surface area (Å²) in [6.07, 6.45) is 2.22. The third kappa shape index (κ3) is 4.71. The highest BCUT2D eigenvalue weighted by molar-refractivity contribution is 7.80. The molecule has 3 N–H and O–H groups in total. The first-order valence-electron chi connectivity index (χ1n) is 5.82. The molecule has 0 aromatic heterocycles. The maximum absolute atomic E-state index is 5.55. The van der Waals surface area contributed by atoms with Gasteiger partial charge < -0.3 is 15.8 Å². The Labute approximate surface area is 108 Å². The number of rotatable bonds is 7. The lowest BCUT2D eigenvalue weighted by atomic mass is 10.1. The van der Waals surface area contributed by atoms with Crippen LogP contribution in [0.3, 0.4) is 0 Å². The van der Waals surface area contributed by atoms with Crippen molar-refractivity contribution in [2.75, 3.05) is 19.0 Å². The number of benzene rings is 1. The molecule has 0 aliphatic rings. The molecule has 0 radical (unpaired) electrons. The summed E-state index contributed by atoms with van der Waals surface area (Å²) in [5.74, 6) is 0. The summed E-state index contributed by atoms with van der Waals surface area (Å²) in [7, 11) is 1.72. The first-order valence-corrected chi connectivity index (χ1v) is 6.23. The molecule has 1 aromatic carbocycles. The Morgan fingerprint density at radius 3 is 2.53 bits per heavy atom. The van der Waals surface area contributed by atoms with E-state index in [0.29, 0.717) is 17.6 Å². The number of thiocarbonyl (C=S) groups is 1. The molecule has 1 rings (SSSR count). The van der Waals surface area contributed by atoms with E-state index < -0.39 is 0 Å². The zero-order valence-corrected chi connectivity index (χ0v) is 11.2. The highest BCUT2D eigenvalue weighted by Crippen LogP contribution is 2.13. The molecule has 0 aliphatic carbocycles. The molecule has 17 heavy (non-hydrogen) atoms. The van der Waals surface area contributed by atoms with E-state index in [4.69, 9.17) is 22.7 Å². The van der Waals surface area contributed by atoms with Crippen molar-refractivity contribution in [3.63, 3.8) is 0 Å². The van der Waals surface area contributed by atoms with Crippen LogP contribution in [-0.4, -0.2) is 24.7 Å². The molecule has 0 bridgehead atoms. The first kappa shape index (κ1) is 13.9.